The van der Waals surface area contributed by atoms with Crippen LogP contribution in [0.3, 0.4) is 0 Å². The van der Waals surface area contributed by atoms with Crippen LogP contribution in [-0.4, -0.2) is 41.3 Å². The second-order valence-corrected chi connectivity index (χ2v) is 3.33. The molecule has 0 radical (unpaired) electrons. The summed E-state index contributed by atoms with van der Waals surface area (Å²) in [5, 5.41) is 9.67. The number of carbonyl (C=O) groups is 1. The maximum Gasteiger partial charge on any atom is 0.377 e. The van der Waals surface area contributed by atoms with Crippen LogP contribution in [0.4, 0.5) is 0 Å². The molecule has 0 aromatic carbocycles. The Morgan fingerprint density at radius 3 is 3.00 bits per heavy atom. The molecule has 2 N–H and O–H groups in total. The van der Waals surface area contributed by atoms with E-state index in [-0.39, 0.29) is 5.82 Å². The smallest absolute Gasteiger partial charge is 0.377 e. The highest BCUT2D eigenvalue weighted by Gasteiger charge is 2.20. The molecule has 6 nitrogen and oxygen atoms in total. The van der Waals surface area contributed by atoms with E-state index in [1.807, 2.05) is 0 Å². The molecule has 0 unspecified atom stereocenters. The van der Waals surface area contributed by atoms with E-state index in [0.717, 1.165) is 25.3 Å². The monoisotopic (exact) mass is 196 g/mol. The van der Waals surface area contributed by atoms with Gasteiger partial charge in [-0.05, 0) is 19.0 Å². The minimum Gasteiger partial charge on any atom is -0.463 e. The highest BCUT2D eigenvalue weighted by atomic mass is 16.5. The summed E-state index contributed by atoms with van der Waals surface area (Å²) < 4.78 is 4.50. The van der Waals surface area contributed by atoms with Gasteiger partial charge in [0.1, 0.15) is 5.82 Å². The summed E-state index contributed by atoms with van der Waals surface area (Å²) in [5.74, 6) is 0.958. The Morgan fingerprint density at radius 1 is 1.64 bits per heavy atom. The average molecular weight is 196 g/mol. The van der Waals surface area contributed by atoms with Crippen LogP contribution >= 0.6 is 0 Å². The van der Waals surface area contributed by atoms with Crippen LogP contribution in [-0.2, 0) is 11.2 Å². The van der Waals surface area contributed by atoms with Crippen LogP contribution in [0.15, 0.2) is 0 Å². The molecule has 14 heavy (non-hydrogen) atoms. The fourth-order valence-electron chi connectivity index (χ4n) is 1.34. The van der Waals surface area contributed by atoms with Crippen LogP contribution in [0.5, 0.6) is 0 Å². The molecule has 0 aliphatic carbocycles. The first-order chi connectivity index (χ1) is 6.79. The van der Waals surface area contributed by atoms with E-state index in [9.17, 15) is 4.79 Å². The Balaban J connectivity index is 1.98. The van der Waals surface area contributed by atoms with Crippen molar-refractivity contribution in [2.75, 3.05) is 20.2 Å². The van der Waals surface area contributed by atoms with E-state index in [4.69, 9.17) is 0 Å². The van der Waals surface area contributed by atoms with Crippen LogP contribution in [0.1, 0.15) is 16.4 Å². The molecular formula is C8H12N4O2. The molecule has 6 heteroatoms. The van der Waals surface area contributed by atoms with Gasteiger partial charge in [-0.2, -0.15) is 0 Å². The van der Waals surface area contributed by atoms with Crippen molar-refractivity contribution in [3.8, 4) is 0 Å². The number of methoxy groups -OCH3 is 1. The number of esters is 1. The largest absolute Gasteiger partial charge is 0.463 e. The summed E-state index contributed by atoms with van der Waals surface area (Å²) in [7, 11) is 1.31. The summed E-state index contributed by atoms with van der Waals surface area (Å²) in [5.41, 5.74) is 0. The van der Waals surface area contributed by atoms with E-state index < -0.39 is 5.97 Å². The number of H-pyrrole nitrogens is 1. The zero-order chi connectivity index (χ0) is 9.97. The van der Waals surface area contributed by atoms with Gasteiger partial charge in [-0.25, -0.2) is 9.78 Å². The number of nitrogens with zero attached hydrogens (tertiary/aromatic N) is 2. The third-order valence-electron chi connectivity index (χ3n) is 2.25. The number of nitrogens with one attached hydrogen (secondary N) is 2. The average Bonchev–Trinajstić information content (AvgIpc) is 2.58. The number of carbonyl (C=O) groups excluding carboxylic acids is 1. The standard InChI is InChI=1S/C8H12N4O2/c1-14-8(13)7-10-6(11-12-7)2-5-3-9-4-5/h5,9H,2-4H2,1H3,(H,10,11,12). The molecule has 1 aromatic rings. The lowest BCUT2D eigenvalue weighted by Gasteiger charge is -2.25. The van der Waals surface area contributed by atoms with Gasteiger partial charge in [-0.1, -0.05) is 0 Å². The summed E-state index contributed by atoms with van der Waals surface area (Å²) in [4.78, 5) is 15.1. The zero-order valence-electron chi connectivity index (χ0n) is 7.91. The summed E-state index contributed by atoms with van der Waals surface area (Å²) in [6.07, 6.45) is 0.830. The molecule has 1 aromatic heterocycles. The lowest BCUT2D eigenvalue weighted by atomic mass is 9.99. The maximum atomic E-state index is 11.0. The molecular weight excluding hydrogens is 184 g/mol. The highest BCUT2D eigenvalue weighted by molar-refractivity contribution is 5.84. The minimum absolute atomic E-state index is 0.106. The number of hydrogen-bond donors (Lipinski definition) is 2. The summed E-state index contributed by atoms with van der Waals surface area (Å²) in [6, 6.07) is 0. The fraction of sp³-hybridized carbons (Fsp3) is 0.625. The van der Waals surface area contributed by atoms with E-state index in [1.54, 1.807) is 0 Å². The molecule has 0 saturated carbocycles. The third kappa shape index (κ3) is 1.74. The fourth-order valence-corrected chi connectivity index (χ4v) is 1.34. The molecule has 0 bridgehead atoms. The molecule has 1 aliphatic rings. The van der Waals surface area contributed by atoms with Crippen molar-refractivity contribution in [1.29, 1.82) is 0 Å². The molecule has 76 valence electrons. The van der Waals surface area contributed by atoms with Crippen molar-refractivity contribution in [3.05, 3.63) is 11.6 Å². The number of rotatable bonds is 3. The van der Waals surface area contributed by atoms with Gasteiger partial charge in [0, 0.05) is 6.42 Å². The van der Waals surface area contributed by atoms with Gasteiger partial charge in [0.05, 0.1) is 7.11 Å². The Hall–Kier alpha value is -1.43. The second-order valence-electron chi connectivity index (χ2n) is 3.33. The summed E-state index contributed by atoms with van der Waals surface area (Å²) in [6.45, 7) is 2.02. The number of hydrogen-bond acceptors (Lipinski definition) is 5. The van der Waals surface area contributed by atoms with Gasteiger partial charge < -0.3 is 10.1 Å². The van der Waals surface area contributed by atoms with Gasteiger partial charge in [0.25, 0.3) is 5.82 Å². The first-order valence-corrected chi connectivity index (χ1v) is 4.50. The normalized spacial score (nSPS) is 16.4. The molecule has 0 atom stereocenters. The summed E-state index contributed by atoms with van der Waals surface area (Å²) >= 11 is 0. The lowest BCUT2D eigenvalue weighted by Crippen LogP contribution is -2.43. The lowest BCUT2D eigenvalue weighted by molar-refractivity contribution is 0.0587. The van der Waals surface area contributed by atoms with Crippen molar-refractivity contribution >= 4 is 5.97 Å². The van der Waals surface area contributed by atoms with Crippen molar-refractivity contribution in [2.45, 2.75) is 6.42 Å². The topological polar surface area (TPSA) is 79.9 Å². The Labute approximate surface area is 81.1 Å². The maximum absolute atomic E-state index is 11.0. The van der Waals surface area contributed by atoms with Crippen molar-refractivity contribution < 1.29 is 9.53 Å². The Morgan fingerprint density at radius 2 is 2.43 bits per heavy atom. The molecule has 1 aliphatic heterocycles. The van der Waals surface area contributed by atoms with Gasteiger partial charge >= 0.3 is 5.97 Å². The van der Waals surface area contributed by atoms with Crippen LogP contribution in [0, 0.1) is 5.92 Å². The first-order valence-electron chi connectivity index (χ1n) is 4.50. The van der Waals surface area contributed by atoms with E-state index in [1.165, 1.54) is 7.11 Å². The van der Waals surface area contributed by atoms with Gasteiger partial charge in [0.15, 0.2) is 0 Å². The van der Waals surface area contributed by atoms with Gasteiger partial charge in [-0.15, -0.1) is 5.10 Å². The Bertz CT molecular complexity index is 332. The molecule has 1 fully saturated rings. The SMILES string of the molecule is COC(=O)c1n[nH]c(CC2CNC2)n1. The highest BCUT2D eigenvalue weighted by Crippen LogP contribution is 2.09. The molecule has 0 spiro atoms. The van der Waals surface area contributed by atoms with Crippen LogP contribution < -0.4 is 5.32 Å². The van der Waals surface area contributed by atoms with E-state index in [2.05, 4.69) is 25.2 Å². The predicted molar refractivity (Wildman–Crippen MR) is 47.8 cm³/mol. The molecule has 1 saturated heterocycles. The molecule has 0 amide bonds. The van der Waals surface area contributed by atoms with Gasteiger partial charge in [0.2, 0.25) is 0 Å². The molecule has 2 rings (SSSR count). The van der Waals surface area contributed by atoms with Gasteiger partial charge in [-0.3, -0.25) is 5.10 Å². The van der Waals surface area contributed by atoms with E-state index >= 15 is 0 Å². The second kappa shape index (κ2) is 3.75. The number of ether oxygens (including phenoxy) is 1. The van der Waals surface area contributed by atoms with Crippen molar-refractivity contribution in [2.24, 2.45) is 5.92 Å². The van der Waals surface area contributed by atoms with Crippen molar-refractivity contribution in [3.63, 3.8) is 0 Å². The van der Waals surface area contributed by atoms with Crippen molar-refractivity contribution in [1.82, 2.24) is 20.5 Å². The third-order valence-corrected chi connectivity index (χ3v) is 2.25. The van der Waals surface area contributed by atoms with Crippen LogP contribution in [0.25, 0.3) is 0 Å². The Kier molecular flexibility index (Phi) is 2.45. The first kappa shape index (κ1) is 9.14. The zero-order valence-corrected chi connectivity index (χ0v) is 7.91. The quantitative estimate of drug-likeness (QED) is 0.628. The molecule has 2 heterocycles. The van der Waals surface area contributed by atoms with E-state index in [0.29, 0.717) is 5.92 Å². The number of aromatic nitrogens is 3. The minimum atomic E-state index is -0.501. The predicted octanol–water partition coefficient (Wildman–Crippen LogP) is -0.647. The number of aromatic amines is 1. The van der Waals surface area contributed by atoms with Crippen LogP contribution in [0.2, 0.25) is 0 Å².